The molecule has 5 nitrogen and oxygen atoms in total. The van der Waals surface area contributed by atoms with Crippen LogP contribution in [0.25, 0.3) is 0 Å². The minimum atomic E-state index is -0.545. The normalized spacial score (nSPS) is 9.95. The van der Waals surface area contributed by atoms with Crippen LogP contribution in [0.4, 0.5) is 5.69 Å². The topological polar surface area (TPSA) is 89.3 Å². The molecule has 0 radical (unpaired) electrons. The van der Waals surface area contributed by atoms with Crippen LogP contribution in [0.5, 0.6) is 0 Å². The smallest absolute Gasteiger partial charge is 0.255 e. The van der Waals surface area contributed by atoms with Crippen LogP contribution in [-0.2, 0) is 0 Å². The van der Waals surface area contributed by atoms with Crippen molar-refractivity contribution in [3.63, 3.8) is 0 Å². The van der Waals surface area contributed by atoms with Crippen molar-refractivity contribution < 1.29 is 14.4 Å². The number of benzene rings is 2. The average Bonchev–Trinajstić information content (AvgIpc) is 2.47. The first kappa shape index (κ1) is 14.5. The lowest BCUT2D eigenvalue weighted by atomic mass is 10.1. The van der Waals surface area contributed by atoms with Gasteiger partial charge in [-0.3, -0.25) is 14.4 Å². The van der Waals surface area contributed by atoms with Gasteiger partial charge in [0, 0.05) is 22.4 Å². The van der Waals surface area contributed by atoms with Crippen LogP contribution >= 0.6 is 0 Å². The van der Waals surface area contributed by atoms with Gasteiger partial charge in [0.05, 0.1) is 0 Å². The lowest BCUT2D eigenvalue weighted by Gasteiger charge is -2.06. The number of hydrogen-bond donors (Lipinski definition) is 2. The molecule has 0 spiro atoms. The van der Waals surface area contributed by atoms with Crippen molar-refractivity contribution in [1.82, 2.24) is 0 Å². The molecule has 2 aromatic carbocycles. The highest BCUT2D eigenvalue weighted by atomic mass is 16.2. The first-order valence-corrected chi connectivity index (χ1v) is 6.29. The summed E-state index contributed by atoms with van der Waals surface area (Å²) in [5.41, 5.74) is 6.93. The Morgan fingerprint density at radius 2 is 1.52 bits per heavy atom. The molecule has 0 fully saturated rings. The number of Topliss-reactive ketones (excluding diaryl/α,β-unsaturated/α-hetero) is 1. The Hall–Kier alpha value is -2.95. The van der Waals surface area contributed by atoms with Crippen molar-refractivity contribution in [3.8, 4) is 0 Å². The molecule has 2 aromatic rings. The van der Waals surface area contributed by atoms with Gasteiger partial charge in [-0.2, -0.15) is 0 Å². The van der Waals surface area contributed by atoms with Gasteiger partial charge in [0.2, 0.25) is 5.91 Å². The molecule has 21 heavy (non-hydrogen) atoms. The zero-order valence-corrected chi connectivity index (χ0v) is 11.4. The second kappa shape index (κ2) is 6.00. The summed E-state index contributed by atoms with van der Waals surface area (Å²) in [4.78, 5) is 34.3. The summed E-state index contributed by atoms with van der Waals surface area (Å²) in [5, 5.41) is 2.69. The zero-order valence-electron chi connectivity index (χ0n) is 11.4. The predicted molar refractivity (Wildman–Crippen MR) is 79.4 cm³/mol. The van der Waals surface area contributed by atoms with Gasteiger partial charge in [0.15, 0.2) is 5.78 Å². The number of nitrogens with two attached hydrogens (primary N) is 1. The molecule has 2 rings (SSSR count). The van der Waals surface area contributed by atoms with Gasteiger partial charge < -0.3 is 11.1 Å². The van der Waals surface area contributed by atoms with E-state index in [1.807, 2.05) is 0 Å². The third-order valence-electron chi connectivity index (χ3n) is 2.96. The van der Waals surface area contributed by atoms with E-state index in [4.69, 9.17) is 5.73 Å². The van der Waals surface area contributed by atoms with Gasteiger partial charge in [0.1, 0.15) is 0 Å². The molecule has 0 atom stereocenters. The van der Waals surface area contributed by atoms with E-state index in [9.17, 15) is 14.4 Å². The fourth-order valence-electron chi connectivity index (χ4n) is 1.81. The number of ketones is 1. The maximum atomic E-state index is 12.1. The van der Waals surface area contributed by atoms with Gasteiger partial charge in [-0.1, -0.05) is 12.1 Å². The molecule has 0 saturated carbocycles. The Bertz CT molecular complexity index is 706. The minimum Gasteiger partial charge on any atom is -0.366 e. The molecule has 0 bridgehead atoms. The van der Waals surface area contributed by atoms with E-state index in [-0.39, 0.29) is 11.7 Å². The molecule has 2 amide bonds. The van der Waals surface area contributed by atoms with E-state index in [0.717, 1.165) is 0 Å². The second-order valence-electron chi connectivity index (χ2n) is 4.53. The fraction of sp³-hybridized carbons (Fsp3) is 0.0625. The van der Waals surface area contributed by atoms with Crippen LogP contribution in [0.1, 0.15) is 38.0 Å². The number of carbonyl (C=O) groups is 3. The molecule has 3 N–H and O–H groups in total. The van der Waals surface area contributed by atoms with Crippen LogP contribution in [0.2, 0.25) is 0 Å². The number of anilines is 1. The largest absolute Gasteiger partial charge is 0.366 e. The third kappa shape index (κ3) is 3.54. The molecule has 0 aromatic heterocycles. The first-order valence-electron chi connectivity index (χ1n) is 6.29. The van der Waals surface area contributed by atoms with E-state index >= 15 is 0 Å². The summed E-state index contributed by atoms with van der Waals surface area (Å²) in [5.74, 6) is -0.945. The summed E-state index contributed by atoms with van der Waals surface area (Å²) in [6, 6.07) is 12.7. The van der Waals surface area contributed by atoms with Crippen molar-refractivity contribution in [2.45, 2.75) is 6.92 Å². The SMILES string of the molecule is CC(=O)c1cccc(NC(=O)c2ccc(C(N)=O)cc2)c1. The number of primary amides is 1. The lowest BCUT2D eigenvalue weighted by Crippen LogP contribution is -2.14. The van der Waals surface area contributed by atoms with E-state index in [1.165, 1.54) is 31.2 Å². The highest BCUT2D eigenvalue weighted by Gasteiger charge is 2.08. The molecular formula is C16H14N2O3. The zero-order chi connectivity index (χ0) is 15.4. The number of rotatable bonds is 4. The van der Waals surface area contributed by atoms with Crippen LogP contribution in [-0.4, -0.2) is 17.6 Å². The molecule has 0 aliphatic carbocycles. The Labute approximate surface area is 121 Å². The number of amides is 2. The summed E-state index contributed by atoms with van der Waals surface area (Å²) >= 11 is 0. The van der Waals surface area contributed by atoms with Crippen molar-refractivity contribution in [3.05, 3.63) is 65.2 Å². The Kier molecular flexibility index (Phi) is 4.13. The van der Waals surface area contributed by atoms with Gasteiger partial charge in [-0.15, -0.1) is 0 Å². The molecule has 5 heteroatoms. The van der Waals surface area contributed by atoms with Crippen molar-refractivity contribution in [2.75, 3.05) is 5.32 Å². The van der Waals surface area contributed by atoms with Crippen LogP contribution in [0, 0.1) is 0 Å². The maximum absolute atomic E-state index is 12.1. The fourth-order valence-corrected chi connectivity index (χ4v) is 1.81. The van der Waals surface area contributed by atoms with Crippen molar-refractivity contribution in [1.29, 1.82) is 0 Å². The summed E-state index contributed by atoms with van der Waals surface area (Å²) in [6.07, 6.45) is 0. The van der Waals surface area contributed by atoms with Crippen LogP contribution in [0.3, 0.4) is 0 Å². The Morgan fingerprint density at radius 1 is 0.905 bits per heavy atom. The van der Waals surface area contributed by atoms with E-state index in [0.29, 0.717) is 22.4 Å². The van der Waals surface area contributed by atoms with Crippen LogP contribution in [0.15, 0.2) is 48.5 Å². The molecule has 0 aliphatic rings. The predicted octanol–water partition coefficient (Wildman–Crippen LogP) is 2.24. The van der Waals surface area contributed by atoms with Gasteiger partial charge in [-0.25, -0.2) is 0 Å². The van der Waals surface area contributed by atoms with E-state index in [2.05, 4.69) is 5.32 Å². The lowest BCUT2D eigenvalue weighted by molar-refractivity contribution is 0.0994. The third-order valence-corrected chi connectivity index (χ3v) is 2.96. The first-order chi connectivity index (χ1) is 9.97. The Balaban J connectivity index is 2.16. The van der Waals surface area contributed by atoms with Crippen molar-refractivity contribution >= 4 is 23.3 Å². The molecule has 0 saturated heterocycles. The second-order valence-corrected chi connectivity index (χ2v) is 4.53. The van der Waals surface area contributed by atoms with Crippen molar-refractivity contribution in [2.24, 2.45) is 5.73 Å². The Morgan fingerprint density at radius 3 is 2.10 bits per heavy atom. The van der Waals surface area contributed by atoms with Gasteiger partial charge in [0.25, 0.3) is 5.91 Å². The molecule has 0 aliphatic heterocycles. The number of nitrogens with one attached hydrogen (secondary N) is 1. The van der Waals surface area contributed by atoms with Crippen LogP contribution < -0.4 is 11.1 Å². The molecule has 0 heterocycles. The summed E-state index contributed by atoms with van der Waals surface area (Å²) in [6.45, 7) is 1.46. The van der Waals surface area contributed by atoms with E-state index in [1.54, 1.807) is 24.3 Å². The standard InChI is InChI=1S/C16H14N2O3/c1-10(19)13-3-2-4-14(9-13)18-16(21)12-7-5-11(6-8-12)15(17)20/h2-9H,1H3,(H2,17,20)(H,18,21). The molecular weight excluding hydrogens is 268 g/mol. The molecule has 106 valence electrons. The monoisotopic (exact) mass is 282 g/mol. The molecule has 0 unspecified atom stereocenters. The van der Waals surface area contributed by atoms with E-state index < -0.39 is 5.91 Å². The van der Waals surface area contributed by atoms with Gasteiger partial charge in [-0.05, 0) is 43.3 Å². The summed E-state index contributed by atoms with van der Waals surface area (Å²) < 4.78 is 0. The highest BCUT2D eigenvalue weighted by Crippen LogP contribution is 2.13. The van der Waals surface area contributed by atoms with Gasteiger partial charge >= 0.3 is 0 Å². The highest BCUT2D eigenvalue weighted by molar-refractivity contribution is 6.05. The summed E-state index contributed by atoms with van der Waals surface area (Å²) in [7, 11) is 0. The average molecular weight is 282 g/mol. The maximum Gasteiger partial charge on any atom is 0.255 e. The number of carbonyl (C=O) groups excluding carboxylic acids is 3. The quantitative estimate of drug-likeness (QED) is 0.843. The number of hydrogen-bond acceptors (Lipinski definition) is 3. The minimum absolute atomic E-state index is 0.0723.